The molecule has 20 rings (SSSR count). The topological polar surface area (TPSA) is 360 Å². The fourth-order valence-electron chi connectivity index (χ4n) is 21.7. The number of ketones is 1. The number of aliphatic hydroxyl groups excluding tert-OH is 2. The van der Waals surface area contributed by atoms with Gasteiger partial charge in [-0.3, -0.25) is 42.8 Å². The van der Waals surface area contributed by atoms with E-state index in [1.54, 1.807) is 107 Å². The van der Waals surface area contributed by atoms with Crippen molar-refractivity contribution in [3.8, 4) is 51.1 Å². The number of benzene rings is 7. The van der Waals surface area contributed by atoms with Gasteiger partial charge in [0.25, 0.3) is 24.6 Å². The Labute approximate surface area is 879 Å². The largest absolute Gasteiger partial charge is 0.512 e. The second-order valence-electron chi connectivity index (χ2n) is 40.2. The van der Waals surface area contributed by atoms with Crippen molar-refractivity contribution in [3.63, 3.8) is 0 Å². The summed E-state index contributed by atoms with van der Waals surface area (Å²) in [5.74, 6) is 1.77. The predicted octanol–water partition coefficient (Wildman–Crippen LogP) is 22.4. The molecule has 3 aliphatic heterocycles. The number of likely N-dealkylation sites (tertiary alicyclic amines) is 1. The number of methoxy groups -OCH3 is 2. The Morgan fingerprint density at radius 1 is 0.773 bits per heavy atom. The molecule has 3 saturated carbocycles. The molecule has 5 fully saturated rings. The minimum atomic E-state index is -3.64. The number of esters is 1. The van der Waals surface area contributed by atoms with Crippen LogP contribution in [0.5, 0.6) is 17.2 Å². The van der Waals surface area contributed by atoms with E-state index in [-0.39, 0.29) is 96.7 Å². The quantitative estimate of drug-likeness (QED) is 0.0215. The van der Waals surface area contributed by atoms with Gasteiger partial charge in [-0.25, -0.2) is 41.5 Å². The third-order valence-electron chi connectivity index (χ3n) is 29.1. The Morgan fingerprint density at radius 3 is 2.15 bits per heavy atom. The number of rotatable bonds is 34. The van der Waals surface area contributed by atoms with Gasteiger partial charge in [0, 0.05) is 156 Å². The maximum absolute atomic E-state index is 16.0. The smallest absolute Gasteiger partial charge is 0.338 e. The van der Waals surface area contributed by atoms with Gasteiger partial charge in [-0.05, 0) is 250 Å². The molecule has 2 amide bonds. The molecule has 2 N–H and O–H groups in total. The number of ether oxygens (including phenoxy) is 6. The van der Waals surface area contributed by atoms with Crippen LogP contribution in [0.15, 0.2) is 197 Å². The summed E-state index contributed by atoms with van der Waals surface area (Å²) < 4.78 is 102. The maximum Gasteiger partial charge on any atom is 0.338 e. The Bertz CT molecular complexity index is 7380. The summed E-state index contributed by atoms with van der Waals surface area (Å²) >= 11 is 7.61. The predicted molar refractivity (Wildman–Crippen MR) is 569 cm³/mol. The number of anilines is 2. The van der Waals surface area contributed by atoms with Gasteiger partial charge in [-0.15, -0.1) is 16.4 Å². The van der Waals surface area contributed by atoms with Gasteiger partial charge in [0.2, 0.25) is 15.9 Å². The molecule has 0 bridgehead atoms. The molecule has 2 saturated heterocycles. The lowest BCUT2D eigenvalue weighted by atomic mass is 9.76. The van der Waals surface area contributed by atoms with Crippen LogP contribution in [-0.2, 0) is 87.7 Å². The first-order valence-electron chi connectivity index (χ1n) is 51.3. The summed E-state index contributed by atoms with van der Waals surface area (Å²) in [6, 6.07) is 46.2. The van der Waals surface area contributed by atoms with E-state index in [9.17, 15) is 51.8 Å². The van der Waals surface area contributed by atoms with Crippen LogP contribution in [0.2, 0.25) is 5.02 Å². The van der Waals surface area contributed by atoms with Crippen molar-refractivity contribution in [2.45, 2.75) is 232 Å². The first-order chi connectivity index (χ1) is 72.3. The zero-order valence-electron chi connectivity index (χ0n) is 86.2. The van der Waals surface area contributed by atoms with E-state index in [2.05, 4.69) is 76.5 Å². The Morgan fingerprint density at radius 2 is 1.51 bits per heavy atom. The molecular formula is C115H126ClF2N13O17S2. The summed E-state index contributed by atoms with van der Waals surface area (Å²) in [4.78, 5) is 102. The zero-order chi connectivity index (χ0) is 106. The lowest BCUT2D eigenvalue weighted by Crippen LogP contribution is -2.46. The molecule has 35 heteroatoms. The summed E-state index contributed by atoms with van der Waals surface area (Å²) in [6.07, 6.45) is 22.4. The number of carbonyl (C=O) groups excluding carboxylic acids is 6. The molecule has 10 heterocycles. The van der Waals surface area contributed by atoms with Crippen LogP contribution in [-0.4, -0.2) is 168 Å². The molecule has 7 aromatic carbocycles. The lowest BCUT2D eigenvalue weighted by molar-refractivity contribution is -0.167. The van der Waals surface area contributed by atoms with Crippen LogP contribution in [0, 0.1) is 43.2 Å². The lowest BCUT2D eigenvalue weighted by Gasteiger charge is -2.41. The molecule has 5 atom stereocenters. The summed E-state index contributed by atoms with van der Waals surface area (Å²) in [7, 11) is -0.413. The van der Waals surface area contributed by atoms with E-state index >= 15 is 4.39 Å². The molecule has 30 nitrogen and oxygen atoms in total. The summed E-state index contributed by atoms with van der Waals surface area (Å²) in [5.41, 5.74) is 14.2. The number of hydrogen-bond donors (Lipinski definition) is 2. The third kappa shape index (κ3) is 23.9. The molecule has 150 heavy (non-hydrogen) atoms. The van der Waals surface area contributed by atoms with E-state index in [4.69, 9.17) is 54.4 Å². The number of thiazole rings is 1. The van der Waals surface area contributed by atoms with Crippen LogP contribution in [0.3, 0.4) is 0 Å². The van der Waals surface area contributed by atoms with Crippen molar-refractivity contribution >= 4 is 109 Å². The second kappa shape index (κ2) is 47.1. The first-order valence-corrected chi connectivity index (χ1v) is 54.4. The number of carbonyl (C=O) groups is 6. The van der Waals surface area contributed by atoms with Crippen molar-refractivity contribution in [1.29, 1.82) is 0 Å². The number of nitrogens with zero attached hydrogens (tertiary/aromatic N) is 13. The van der Waals surface area contributed by atoms with E-state index < -0.39 is 45.5 Å². The highest BCUT2D eigenvalue weighted by Gasteiger charge is 2.55. The molecule has 14 aromatic rings. The highest BCUT2D eigenvalue weighted by Crippen LogP contribution is 2.52. The van der Waals surface area contributed by atoms with Gasteiger partial charge in [0.15, 0.2) is 17.8 Å². The molecule has 3 aliphatic carbocycles. The standard InChI is InChI=1S/C37H33ClFN3O4.C29H37N5O3.C26H32N4O5S.C23H24FNO5S/c38-26-10-8-24(9-11-26)31-15-12-28(41-18-4-7-36(41)44)19-25(31)22-45-29-13-16-32(33(39)20-29)37-40-34-21-30(46-23-43)14-17-35(34)42(37)27-5-2-1-3-6-27;1-5-22-14-20(15-23(6-2)31-22)11-12-29(21-9-7-8-10-21)17-25(35)24(27(36)37-29)16-26-32-28-30-18(3)13-19(4)34(28)33-26;1-26(2,3)20-8-7-17(13-21(20)34-5)24(32)30-22(23-27-10-12-36-23)19(15-33-4)18(25(30)35-16-31)14-29-11-6-9-28-29;1-3-20(27)22-18-12-17(14-4-5-14)19(25(10-11-26)31(2,28)29)13-21(18)30-23(22)15-6-8-16(24)9-7-15/h8-17,19-21,23,27H,1-7,18,22H2;13-15,21,35H,5-12,16-17H2,1-4H3;6-13,16,18-19,22,25H,14-15H2,1-5H3;6-9,12-14,26H,3-5,10-11H2,1-2H3/t;29-;18-,19-,22+,25+;/m.10./s1. The minimum Gasteiger partial charge on any atom is -0.512 e. The normalized spacial score (nSPS) is 18.0. The number of imidazole rings is 1. The molecule has 0 spiro atoms. The van der Waals surface area contributed by atoms with Gasteiger partial charge in [0.05, 0.1) is 72.6 Å². The second-order valence-corrected chi connectivity index (χ2v) is 43.5. The highest BCUT2D eigenvalue weighted by molar-refractivity contribution is 7.92. The third-order valence-corrected chi connectivity index (χ3v) is 31.4. The number of aryl methyl sites for hydroxylation is 5. The summed E-state index contributed by atoms with van der Waals surface area (Å²) in [6.45, 7) is 18.2. The van der Waals surface area contributed by atoms with Gasteiger partial charge in [-0.2, -0.15) is 10.1 Å². The average Bonchev–Trinajstić information content (AvgIpc) is 1.59. The van der Waals surface area contributed by atoms with Crippen molar-refractivity contribution in [2.24, 2.45) is 17.8 Å². The van der Waals surface area contributed by atoms with Crippen LogP contribution < -0.4 is 23.4 Å². The molecule has 7 aromatic heterocycles. The number of aliphatic hydroxyl groups is 2. The zero-order valence-corrected chi connectivity index (χ0v) is 88.6. The van der Waals surface area contributed by atoms with Crippen molar-refractivity contribution < 1.29 is 89.0 Å². The number of sulfonamides is 1. The van der Waals surface area contributed by atoms with E-state index in [0.717, 1.165) is 163 Å². The molecule has 6 aliphatic rings. The van der Waals surface area contributed by atoms with Gasteiger partial charge in [-0.1, -0.05) is 110 Å². The monoisotopic (exact) mass is 2100 g/mol. The van der Waals surface area contributed by atoms with Gasteiger partial charge in [0.1, 0.15) is 69.0 Å². The summed E-state index contributed by atoms with van der Waals surface area (Å²) in [5, 5.41) is 33.4. The SMILES string of the molecule is CCC(=O)c1c(-c2ccc(F)cc2)oc2cc(N(CCO)S(C)(=O)=O)c(C3CC3)cc12.CCc1cc(CC[C@]2(C3CCCC3)CC(O)=C(Cc3nc4nc(C)cc(C)n4n3)C(=O)O2)cc(CC)n1.COC[C@H]1[C@H](Cn2cccn2)[C@@H](OC=O)N(C(=O)c2ccc(C(C)(C)C)c(OC)c2)[C@H]1c1nccs1.O=COc1ccc2c(c1)nc(-c1ccc(OCc3cc(N4CCCC4=O)ccc3-c3ccc(Cl)cc3)cc1F)n2C1CCCCC1. The Kier molecular flexibility index (Phi) is 33.7. The number of aromatic nitrogens is 10. The Balaban J connectivity index is 0.000000137. The van der Waals surface area contributed by atoms with E-state index in [1.807, 2.05) is 98.2 Å². The number of fused-ring (bicyclic) bond motifs is 3. The van der Waals surface area contributed by atoms with Crippen molar-refractivity contribution in [2.75, 3.05) is 56.0 Å². The highest BCUT2D eigenvalue weighted by atomic mass is 35.5. The number of halogens is 3. The van der Waals surface area contributed by atoms with Crippen LogP contribution in [0.1, 0.15) is 239 Å². The maximum atomic E-state index is 16.0. The number of hydrogen-bond acceptors (Lipinski definition) is 25. The van der Waals surface area contributed by atoms with Crippen molar-refractivity contribution in [1.82, 2.24) is 53.8 Å². The first kappa shape index (κ1) is 107. The van der Waals surface area contributed by atoms with E-state index in [1.165, 1.54) is 45.8 Å². The minimum absolute atomic E-state index is 0.0731. The van der Waals surface area contributed by atoms with E-state index in [0.29, 0.717) is 142 Å². The van der Waals surface area contributed by atoms with Crippen molar-refractivity contribution in [3.05, 3.63) is 277 Å². The number of cyclic esters (lactones) is 1. The molecule has 0 unspecified atom stereocenters. The molecule has 0 radical (unpaired) electrons. The molecular weight excluding hydrogens is 1970 g/mol. The number of pyridine rings is 1. The van der Waals surface area contributed by atoms with Crippen LogP contribution in [0.25, 0.3) is 61.6 Å². The fraction of sp³-hybridized carbons (Fsp3) is 0.400. The number of Topliss-reactive ketones (excluding diaryl/α,β-unsaturated/α-hetero) is 1. The number of amides is 2. The average molecular weight is 2100 g/mol. The Hall–Kier alpha value is -13.9. The van der Waals surface area contributed by atoms with Crippen LogP contribution >= 0.6 is 22.9 Å². The van der Waals surface area contributed by atoms with Crippen LogP contribution in [0.4, 0.5) is 20.2 Å². The number of furan rings is 1. The van der Waals surface area contributed by atoms with Gasteiger partial charge < -0.3 is 52.5 Å². The fourth-order valence-corrected chi connectivity index (χ4v) is 23.5. The molecule has 786 valence electrons. The van der Waals surface area contributed by atoms with Gasteiger partial charge >= 0.3 is 5.97 Å².